The number of hydrogen-bond donors (Lipinski definition) is 2. The van der Waals surface area contributed by atoms with E-state index in [9.17, 15) is 19.8 Å². The third-order valence-electron chi connectivity index (χ3n) is 8.62. The van der Waals surface area contributed by atoms with Gasteiger partial charge in [-0.1, -0.05) is 12.5 Å². The minimum Gasteiger partial charge on any atom is -0.458 e. The molecular weight excluding hydrogens is 506 g/mol. The molecule has 2 aliphatic heterocycles. The summed E-state index contributed by atoms with van der Waals surface area (Å²) in [4.78, 5) is 31.4. The molecule has 7 atom stereocenters. The van der Waals surface area contributed by atoms with Crippen molar-refractivity contribution in [3.05, 3.63) is 34.3 Å². The predicted octanol–water partition coefficient (Wildman–Crippen LogP) is 4.17. The molecule has 0 amide bonds. The molecule has 0 radical (unpaired) electrons. The fourth-order valence-corrected chi connectivity index (χ4v) is 6.36. The van der Waals surface area contributed by atoms with Gasteiger partial charge in [0.15, 0.2) is 0 Å². The van der Waals surface area contributed by atoms with Gasteiger partial charge in [-0.2, -0.15) is 0 Å². The highest BCUT2D eigenvalue weighted by atomic mass is 32.1. The summed E-state index contributed by atoms with van der Waals surface area (Å²) in [6, 6.07) is 0. The summed E-state index contributed by atoms with van der Waals surface area (Å²) in [5, 5.41) is 25.2. The van der Waals surface area contributed by atoms with Crippen molar-refractivity contribution in [2.45, 2.75) is 109 Å². The quantitative estimate of drug-likeness (QED) is 0.328. The number of carbonyl (C=O) groups is 2. The fraction of sp³-hybridized carbons (Fsp3) is 0.690. The molecule has 3 heterocycles. The normalized spacial score (nSPS) is 36.7. The Balaban J connectivity index is 1.60. The summed E-state index contributed by atoms with van der Waals surface area (Å²) < 4.78 is 17.9. The van der Waals surface area contributed by atoms with Crippen molar-refractivity contribution in [3.8, 4) is 0 Å². The highest BCUT2D eigenvalue weighted by Gasteiger charge is 2.55. The number of ketones is 1. The molecule has 9 heteroatoms. The van der Waals surface area contributed by atoms with Gasteiger partial charge in [-0.15, -0.1) is 17.9 Å². The molecule has 3 aliphatic rings. The van der Waals surface area contributed by atoms with Gasteiger partial charge in [0.25, 0.3) is 0 Å². The Morgan fingerprint density at radius 2 is 2.03 bits per heavy atom. The van der Waals surface area contributed by atoms with E-state index in [1.54, 1.807) is 24.3 Å². The summed E-state index contributed by atoms with van der Waals surface area (Å²) in [6.07, 6.45) is 2.74. The van der Waals surface area contributed by atoms with Gasteiger partial charge in [0.2, 0.25) is 0 Å². The molecule has 210 valence electrons. The zero-order valence-electron chi connectivity index (χ0n) is 22.9. The lowest BCUT2D eigenvalue weighted by atomic mass is 9.58. The van der Waals surface area contributed by atoms with Crippen molar-refractivity contribution >= 4 is 29.2 Å². The molecule has 4 rings (SSSR count). The first-order chi connectivity index (χ1) is 18.0. The van der Waals surface area contributed by atoms with Gasteiger partial charge in [0.1, 0.15) is 11.9 Å². The van der Waals surface area contributed by atoms with E-state index in [4.69, 9.17) is 14.2 Å². The molecule has 1 saturated carbocycles. The van der Waals surface area contributed by atoms with Gasteiger partial charge in [-0.3, -0.25) is 9.59 Å². The van der Waals surface area contributed by atoms with Crippen LogP contribution in [0.4, 0.5) is 0 Å². The van der Waals surface area contributed by atoms with Crippen molar-refractivity contribution in [3.63, 3.8) is 0 Å². The number of aliphatic hydroxyl groups is 2. The molecule has 0 bridgehead atoms. The standard InChI is InChI=1S/C29H41NO7S/c1-6-8-21-26(33)18(3)35-12-11-28(5)24(37-28)14-22(17(2)13-20-16-38-19(4)30-20)36-25(32)15-23(31)29(27(21)34)9-7-10-29/h6,13,16,18,21-24,26,31,33H,1,7-12,14-15H2,2-5H3/t18-,21-,22+,23+,24+,26-,28-/m1/s1. The second-order valence-electron chi connectivity index (χ2n) is 11.4. The van der Waals surface area contributed by atoms with Crippen LogP contribution in [0.3, 0.4) is 0 Å². The highest BCUT2D eigenvalue weighted by Crippen LogP contribution is 2.49. The molecule has 8 nitrogen and oxygen atoms in total. The van der Waals surface area contributed by atoms with Gasteiger partial charge in [-0.25, -0.2) is 4.98 Å². The van der Waals surface area contributed by atoms with E-state index in [0.29, 0.717) is 32.3 Å². The first-order valence-electron chi connectivity index (χ1n) is 13.6. The van der Waals surface area contributed by atoms with Gasteiger partial charge in [0, 0.05) is 24.8 Å². The lowest BCUT2D eigenvalue weighted by Crippen LogP contribution is -2.54. The summed E-state index contributed by atoms with van der Waals surface area (Å²) in [5.41, 5.74) is 0.128. The second kappa shape index (κ2) is 11.7. The van der Waals surface area contributed by atoms with E-state index in [2.05, 4.69) is 11.6 Å². The van der Waals surface area contributed by atoms with Crippen LogP contribution >= 0.6 is 11.3 Å². The minimum atomic E-state index is -1.20. The molecule has 0 unspecified atom stereocenters. The first kappa shape index (κ1) is 29.1. The van der Waals surface area contributed by atoms with Crippen LogP contribution in [0.1, 0.15) is 76.4 Å². The fourth-order valence-electron chi connectivity index (χ4n) is 5.79. The average molecular weight is 548 g/mol. The van der Waals surface area contributed by atoms with Crippen LogP contribution in [0.15, 0.2) is 23.6 Å². The van der Waals surface area contributed by atoms with Gasteiger partial charge < -0.3 is 24.4 Å². The summed E-state index contributed by atoms with van der Waals surface area (Å²) in [5.74, 6) is -1.57. The molecule has 0 aromatic carbocycles. The number of epoxide rings is 1. The monoisotopic (exact) mass is 547 g/mol. The Morgan fingerprint density at radius 1 is 1.29 bits per heavy atom. The number of aromatic nitrogens is 1. The van der Waals surface area contributed by atoms with Crippen molar-refractivity contribution in [2.24, 2.45) is 11.3 Å². The maximum Gasteiger partial charge on any atom is 0.309 e. The SMILES string of the molecule is C=CC[C@H]1C(=O)C2(CCC2)[C@@H](O)CC(=O)O[C@H](C(C)=Cc2csc(C)n2)C[C@@H]2O[C@]2(C)CCO[C@H](C)[C@H]1O. The molecule has 2 saturated heterocycles. The number of hydrogen-bond acceptors (Lipinski definition) is 9. The van der Waals surface area contributed by atoms with Crippen LogP contribution in [0, 0.1) is 18.3 Å². The van der Waals surface area contributed by atoms with E-state index >= 15 is 0 Å². The number of aliphatic hydroxyl groups excluding tert-OH is 2. The van der Waals surface area contributed by atoms with Crippen LogP contribution in [0.25, 0.3) is 6.08 Å². The average Bonchev–Trinajstić information content (AvgIpc) is 3.26. The Morgan fingerprint density at radius 3 is 2.63 bits per heavy atom. The number of fused-ring (bicyclic) bond motifs is 1. The maximum absolute atomic E-state index is 13.8. The van der Waals surface area contributed by atoms with Crippen molar-refractivity contribution in [2.75, 3.05) is 6.61 Å². The van der Waals surface area contributed by atoms with Crippen molar-refractivity contribution < 1.29 is 34.0 Å². The van der Waals surface area contributed by atoms with E-state index in [1.807, 2.05) is 32.2 Å². The van der Waals surface area contributed by atoms with Crippen molar-refractivity contribution in [1.29, 1.82) is 0 Å². The highest BCUT2D eigenvalue weighted by molar-refractivity contribution is 7.09. The topological polar surface area (TPSA) is 118 Å². The summed E-state index contributed by atoms with van der Waals surface area (Å²) in [7, 11) is 0. The number of Topliss-reactive ketones (excluding diaryl/α,β-unsaturated/α-hetero) is 1. The smallest absolute Gasteiger partial charge is 0.309 e. The van der Waals surface area contributed by atoms with Crippen LogP contribution in [-0.4, -0.2) is 69.7 Å². The lowest BCUT2D eigenvalue weighted by Gasteiger charge is -2.46. The third-order valence-corrected chi connectivity index (χ3v) is 9.41. The second-order valence-corrected chi connectivity index (χ2v) is 12.4. The van der Waals surface area contributed by atoms with E-state index < -0.39 is 47.3 Å². The van der Waals surface area contributed by atoms with Crippen molar-refractivity contribution in [1.82, 2.24) is 4.98 Å². The molecule has 38 heavy (non-hydrogen) atoms. The number of rotatable bonds is 4. The molecule has 2 N–H and O–H groups in total. The molecule has 1 aromatic heterocycles. The predicted molar refractivity (Wildman–Crippen MR) is 145 cm³/mol. The number of allylic oxidation sites excluding steroid dienone is 1. The number of ether oxygens (including phenoxy) is 3. The lowest BCUT2D eigenvalue weighted by molar-refractivity contribution is -0.163. The zero-order chi connectivity index (χ0) is 27.7. The van der Waals surface area contributed by atoms with Crippen LogP contribution in [0.5, 0.6) is 0 Å². The minimum absolute atomic E-state index is 0.129. The zero-order valence-corrected chi connectivity index (χ0v) is 23.7. The molecule has 3 fully saturated rings. The Kier molecular flexibility index (Phi) is 8.94. The van der Waals surface area contributed by atoms with Gasteiger partial charge in [-0.05, 0) is 58.6 Å². The molecular formula is C29H41NO7S. The van der Waals surface area contributed by atoms with E-state index in [0.717, 1.165) is 22.7 Å². The van der Waals surface area contributed by atoms with E-state index in [-0.39, 0.29) is 24.7 Å². The Hall–Kier alpha value is -1.91. The molecule has 1 spiro atoms. The Bertz CT molecular complexity index is 1060. The number of aryl methyl sites for hydroxylation is 1. The Labute approximate surface area is 229 Å². The first-order valence-corrected chi connectivity index (χ1v) is 14.5. The van der Waals surface area contributed by atoms with Crippen LogP contribution in [-0.2, 0) is 23.8 Å². The molecule has 1 aromatic rings. The number of nitrogens with zero attached hydrogens (tertiary/aromatic N) is 1. The van der Waals surface area contributed by atoms with Gasteiger partial charge >= 0.3 is 5.97 Å². The summed E-state index contributed by atoms with van der Waals surface area (Å²) >= 11 is 1.55. The number of esters is 1. The summed E-state index contributed by atoms with van der Waals surface area (Å²) in [6.45, 7) is 11.7. The number of thiazole rings is 1. The maximum atomic E-state index is 13.8. The third kappa shape index (κ3) is 6.12. The van der Waals surface area contributed by atoms with E-state index in [1.165, 1.54) is 0 Å². The number of cyclic esters (lactones) is 1. The van der Waals surface area contributed by atoms with Gasteiger partial charge in [0.05, 0.1) is 58.5 Å². The van der Waals surface area contributed by atoms with Crippen LogP contribution in [0.2, 0.25) is 0 Å². The number of carbonyl (C=O) groups excluding carboxylic acids is 2. The molecule has 1 aliphatic carbocycles. The largest absolute Gasteiger partial charge is 0.458 e. The van der Waals surface area contributed by atoms with Crippen LogP contribution < -0.4 is 0 Å².